The zero-order valence-electron chi connectivity index (χ0n) is 11.9. The summed E-state index contributed by atoms with van der Waals surface area (Å²) in [6, 6.07) is 0.242. The van der Waals surface area contributed by atoms with Crippen LogP contribution in [0.15, 0.2) is 0 Å². The zero-order valence-corrected chi connectivity index (χ0v) is 12.8. The van der Waals surface area contributed by atoms with Crippen molar-refractivity contribution in [2.45, 2.75) is 57.9 Å². The summed E-state index contributed by atoms with van der Waals surface area (Å²) in [7, 11) is -3.20. The molecule has 1 fully saturated rings. The van der Waals surface area contributed by atoms with Gasteiger partial charge in [-0.15, -0.1) is 0 Å². The van der Waals surface area contributed by atoms with Gasteiger partial charge in [-0.1, -0.05) is 26.2 Å². The van der Waals surface area contributed by atoms with Crippen LogP contribution in [0.4, 0.5) is 0 Å². The third-order valence-corrected chi connectivity index (χ3v) is 4.45. The van der Waals surface area contributed by atoms with Crippen LogP contribution in [0.5, 0.6) is 0 Å². The molecular weight excluding hydrogens is 264 g/mol. The maximum Gasteiger partial charge on any atom is 0.221 e. The van der Waals surface area contributed by atoms with Crippen LogP contribution >= 0.6 is 0 Å². The van der Waals surface area contributed by atoms with Gasteiger partial charge >= 0.3 is 0 Å². The predicted molar refractivity (Wildman–Crippen MR) is 76.3 cm³/mol. The van der Waals surface area contributed by atoms with Crippen LogP contribution < -0.4 is 10.0 Å². The van der Waals surface area contributed by atoms with E-state index < -0.39 is 10.0 Å². The molecule has 0 aromatic carbocycles. The van der Waals surface area contributed by atoms with Gasteiger partial charge in [-0.25, -0.2) is 13.1 Å². The second-order valence-corrected chi connectivity index (χ2v) is 7.23. The summed E-state index contributed by atoms with van der Waals surface area (Å²) in [5.74, 6) is 0.527. The minimum Gasteiger partial charge on any atom is -0.353 e. The van der Waals surface area contributed by atoms with Gasteiger partial charge < -0.3 is 5.32 Å². The van der Waals surface area contributed by atoms with Crippen molar-refractivity contribution < 1.29 is 13.2 Å². The molecule has 6 heteroatoms. The van der Waals surface area contributed by atoms with Crippen LogP contribution in [0.1, 0.15) is 51.9 Å². The molecule has 1 amide bonds. The standard InChI is InChI=1S/C13H26N2O3S/c1-3-12(11-7-5-4-6-8-11)15-13(16)9-10-14-19(2,17)18/h11-12,14H,3-10H2,1-2H3,(H,15,16). The third-order valence-electron chi connectivity index (χ3n) is 3.72. The number of carbonyl (C=O) groups is 1. The van der Waals surface area contributed by atoms with Crippen molar-refractivity contribution >= 4 is 15.9 Å². The molecule has 0 radical (unpaired) electrons. The smallest absolute Gasteiger partial charge is 0.221 e. The lowest BCUT2D eigenvalue weighted by atomic mass is 9.83. The van der Waals surface area contributed by atoms with Gasteiger partial charge in [0.05, 0.1) is 6.26 Å². The molecule has 2 N–H and O–H groups in total. The zero-order chi connectivity index (χ0) is 14.3. The molecule has 1 unspecified atom stereocenters. The van der Waals surface area contributed by atoms with Crippen molar-refractivity contribution in [2.75, 3.05) is 12.8 Å². The van der Waals surface area contributed by atoms with E-state index in [9.17, 15) is 13.2 Å². The van der Waals surface area contributed by atoms with E-state index in [4.69, 9.17) is 0 Å². The molecule has 1 aliphatic rings. The number of sulfonamides is 1. The van der Waals surface area contributed by atoms with Gasteiger partial charge in [0.25, 0.3) is 0 Å². The molecule has 0 saturated heterocycles. The Kier molecular flexibility index (Phi) is 6.79. The summed E-state index contributed by atoms with van der Waals surface area (Å²) in [4.78, 5) is 11.8. The highest BCUT2D eigenvalue weighted by Gasteiger charge is 2.23. The van der Waals surface area contributed by atoms with Crippen molar-refractivity contribution in [2.24, 2.45) is 5.92 Å². The molecule has 5 nitrogen and oxygen atoms in total. The monoisotopic (exact) mass is 290 g/mol. The Balaban J connectivity index is 2.32. The van der Waals surface area contributed by atoms with Crippen LogP contribution in [0.2, 0.25) is 0 Å². The van der Waals surface area contributed by atoms with Gasteiger partial charge in [0.2, 0.25) is 15.9 Å². The average molecular weight is 290 g/mol. The van der Waals surface area contributed by atoms with Crippen molar-refractivity contribution in [1.29, 1.82) is 0 Å². The Labute approximate surface area is 116 Å². The maximum absolute atomic E-state index is 11.8. The fourth-order valence-electron chi connectivity index (χ4n) is 2.72. The minimum atomic E-state index is -3.20. The molecule has 0 heterocycles. The molecule has 1 aliphatic carbocycles. The highest BCUT2D eigenvalue weighted by molar-refractivity contribution is 7.88. The summed E-state index contributed by atoms with van der Waals surface area (Å²) in [5, 5.41) is 3.05. The maximum atomic E-state index is 11.8. The summed E-state index contributed by atoms with van der Waals surface area (Å²) in [6.45, 7) is 2.26. The molecule has 0 aromatic rings. The second-order valence-electron chi connectivity index (χ2n) is 5.40. The minimum absolute atomic E-state index is 0.0615. The molecule has 19 heavy (non-hydrogen) atoms. The number of carbonyl (C=O) groups excluding carboxylic acids is 1. The SMILES string of the molecule is CCC(NC(=O)CCNS(C)(=O)=O)C1CCCCC1. The average Bonchev–Trinajstić information content (AvgIpc) is 2.35. The first kappa shape index (κ1) is 16.4. The number of hydrogen-bond acceptors (Lipinski definition) is 3. The number of nitrogens with one attached hydrogen (secondary N) is 2. The molecule has 0 aromatic heterocycles. The van der Waals surface area contributed by atoms with Gasteiger partial charge in [0, 0.05) is 19.0 Å². The Morgan fingerprint density at radius 1 is 1.26 bits per heavy atom. The van der Waals surface area contributed by atoms with Crippen LogP contribution in [0, 0.1) is 5.92 Å². The van der Waals surface area contributed by atoms with Crippen LogP contribution in [-0.2, 0) is 14.8 Å². The first-order chi connectivity index (χ1) is 8.92. The van der Waals surface area contributed by atoms with E-state index in [1.165, 1.54) is 32.1 Å². The van der Waals surface area contributed by atoms with Gasteiger partial charge in [0.15, 0.2) is 0 Å². The van der Waals surface area contributed by atoms with E-state index in [1.807, 2.05) is 0 Å². The molecule has 0 aliphatic heterocycles. The summed E-state index contributed by atoms with van der Waals surface area (Å²) >= 11 is 0. The highest BCUT2D eigenvalue weighted by atomic mass is 32.2. The van der Waals surface area contributed by atoms with Crippen LogP contribution in [0.3, 0.4) is 0 Å². The van der Waals surface area contributed by atoms with Crippen LogP contribution in [0.25, 0.3) is 0 Å². The molecular formula is C13H26N2O3S. The lowest BCUT2D eigenvalue weighted by Gasteiger charge is -2.30. The van der Waals surface area contributed by atoms with E-state index in [0.717, 1.165) is 12.7 Å². The Morgan fingerprint density at radius 2 is 1.89 bits per heavy atom. The highest BCUT2D eigenvalue weighted by Crippen LogP contribution is 2.27. The summed E-state index contributed by atoms with van der Waals surface area (Å²) < 4.78 is 24.1. The third kappa shape index (κ3) is 6.92. The lowest BCUT2D eigenvalue weighted by molar-refractivity contribution is -0.122. The first-order valence-corrected chi connectivity index (χ1v) is 9.05. The number of hydrogen-bond donors (Lipinski definition) is 2. The van der Waals surface area contributed by atoms with Crippen molar-refractivity contribution in [3.05, 3.63) is 0 Å². The van der Waals surface area contributed by atoms with Gasteiger partial charge in [-0.2, -0.15) is 0 Å². The van der Waals surface area contributed by atoms with E-state index in [2.05, 4.69) is 17.0 Å². The van der Waals surface area contributed by atoms with Crippen molar-refractivity contribution in [3.63, 3.8) is 0 Å². The Morgan fingerprint density at radius 3 is 2.42 bits per heavy atom. The van der Waals surface area contributed by atoms with Gasteiger partial charge in [-0.05, 0) is 25.2 Å². The topological polar surface area (TPSA) is 75.3 Å². The second kappa shape index (κ2) is 7.85. The van der Waals surface area contributed by atoms with E-state index >= 15 is 0 Å². The molecule has 1 atom stereocenters. The lowest BCUT2D eigenvalue weighted by Crippen LogP contribution is -2.41. The fraction of sp³-hybridized carbons (Fsp3) is 0.923. The van der Waals surface area contributed by atoms with E-state index in [1.54, 1.807) is 0 Å². The molecule has 0 spiro atoms. The summed E-state index contributed by atoms with van der Waals surface area (Å²) in [6.07, 6.45) is 8.45. The van der Waals surface area contributed by atoms with Crippen LogP contribution in [-0.4, -0.2) is 33.2 Å². The largest absolute Gasteiger partial charge is 0.353 e. The number of amides is 1. The Bertz CT molecular complexity index is 375. The van der Waals surface area contributed by atoms with E-state index in [-0.39, 0.29) is 24.9 Å². The van der Waals surface area contributed by atoms with Gasteiger partial charge in [-0.3, -0.25) is 4.79 Å². The van der Waals surface area contributed by atoms with E-state index in [0.29, 0.717) is 5.92 Å². The molecule has 112 valence electrons. The number of rotatable bonds is 7. The van der Waals surface area contributed by atoms with Crippen molar-refractivity contribution in [1.82, 2.24) is 10.0 Å². The normalized spacial score (nSPS) is 19.1. The predicted octanol–water partition coefficient (Wildman–Crippen LogP) is 1.40. The Hall–Kier alpha value is -0.620. The van der Waals surface area contributed by atoms with Gasteiger partial charge in [0.1, 0.15) is 0 Å². The molecule has 0 bridgehead atoms. The fourth-order valence-corrected chi connectivity index (χ4v) is 3.19. The first-order valence-electron chi connectivity index (χ1n) is 7.16. The molecule has 1 saturated carbocycles. The summed E-state index contributed by atoms with van der Waals surface area (Å²) in [5.41, 5.74) is 0. The molecule has 1 rings (SSSR count). The quantitative estimate of drug-likeness (QED) is 0.744. The van der Waals surface area contributed by atoms with Crippen molar-refractivity contribution in [3.8, 4) is 0 Å².